The Labute approximate surface area is 193 Å². The van der Waals surface area contributed by atoms with Gasteiger partial charge in [-0.3, -0.25) is 9.69 Å². The van der Waals surface area contributed by atoms with Crippen LogP contribution in [-0.2, 0) is 0 Å². The first kappa shape index (κ1) is 21.8. The molecule has 2 fully saturated rings. The average Bonchev–Trinajstić information content (AvgIpc) is 3.29. The number of hydrogen-bond acceptors (Lipinski definition) is 6. The zero-order valence-electron chi connectivity index (χ0n) is 18.9. The van der Waals surface area contributed by atoms with E-state index in [1.807, 2.05) is 55.5 Å². The second-order valence-corrected chi connectivity index (χ2v) is 8.88. The van der Waals surface area contributed by atoms with Crippen LogP contribution in [0.5, 0.6) is 5.75 Å². The standard InChI is InChI=1S/C26H30N4O3/c1-2-33-21-11-9-17(10-12-21)25-28-23-8-4-3-7-22(23)24(29-25)26(32)27-18-14-20(15-18)30-13-5-6-19(30)16-31/h3-4,7-12,18-20,31H,2,5-6,13-16H2,1H3,(H,27,32)/t18?,19-,20?/m1/s1. The molecule has 1 aromatic heterocycles. The van der Waals surface area contributed by atoms with E-state index in [2.05, 4.69) is 15.2 Å². The number of amides is 1. The first-order chi connectivity index (χ1) is 16.2. The lowest BCUT2D eigenvalue weighted by Gasteiger charge is -2.43. The van der Waals surface area contributed by atoms with E-state index in [0.717, 1.165) is 54.4 Å². The van der Waals surface area contributed by atoms with Crippen LogP contribution in [0.4, 0.5) is 0 Å². The van der Waals surface area contributed by atoms with Gasteiger partial charge in [-0.05, 0) is 69.5 Å². The Bertz CT molecular complexity index is 1130. The average molecular weight is 447 g/mol. The Hall–Kier alpha value is -3.03. The van der Waals surface area contributed by atoms with Gasteiger partial charge in [0.05, 0.1) is 18.7 Å². The number of aliphatic hydroxyl groups excluding tert-OH is 1. The van der Waals surface area contributed by atoms with Crippen LogP contribution in [0.2, 0.25) is 0 Å². The third-order valence-corrected chi connectivity index (χ3v) is 6.79. The summed E-state index contributed by atoms with van der Waals surface area (Å²) in [6.45, 7) is 3.82. The number of para-hydroxylation sites is 1. The number of likely N-dealkylation sites (tertiary alicyclic amines) is 1. The van der Waals surface area contributed by atoms with E-state index in [-0.39, 0.29) is 24.6 Å². The molecule has 0 bridgehead atoms. The molecule has 0 spiro atoms. The zero-order chi connectivity index (χ0) is 22.8. The largest absolute Gasteiger partial charge is 0.494 e. The molecule has 2 heterocycles. The summed E-state index contributed by atoms with van der Waals surface area (Å²) >= 11 is 0. The molecular weight excluding hydrogens is 416 g/mol. The van der Waals surface area contributed by atoms with Gasteiger partial charge in [0.2, 0.25) is 0 Å². The summed E-state index contributed by atoms with van der Waals surface area (Å²) in [5.74, 6) is 1.15. The number of hydrogen-bond donors (Lipinski definition) is 2. The Morgan fingerprint density at radius 1 is 1.15 bits per heavy atom. The number of carbonyl (C=O) groups excluding carboxylic acids is 1. The van der Waals surface area contributed by atoms with Crippen molar-refractivity contribution in [2.24, 2.45) is 0 Å². The van der Waals surface area contributed by atoms with Crippen LogP contribution in [0.1, 0.15) is 43.1 Å². The van der Waals surface area contributed by atoms with E-state index in [9.17, 15) is 9.90 Å². The van der Waals surface area contributed by atoms with Crippen molar-refractivity contribution in [2.45, 2.75) is 50.7 Å². The fraction of sp³-hybridized carbons (Fsp3) is 0.423. The number of carbonyl (C=O) groups is 1. The van der Waals surface area contributed by atoms with Gasteiger partial charge < -0.3 is 15.2 Å². The van der Waals surface area contributed by atoms with E-state index in [1.165, 1.54) is 0 Å². The molecule has 2 aromatic carbocycles. The number of fused-ring (bicyclic) bond motifs is 1. The maximum atomic E-state index is 13.3. The van der Waals surface area contributed by atoms with Crippen molar-refractivity contribution in [3.05, 3.63) is 54.2 Å². The maximum Gasteiger partial charge on any atom is 0.270 e. The first-order valence-corrected chi connectivity index (χ1v) is 11.8. The van der Waals surface area contributed by atoms with Crippen molar-refractivity contribution >= 4 is 16.8 Å². The third-order valence-electron chi connectivity index (χ3n) is 6.79. The Balaban J connectivity index is 1.34. The Kier molecular flexibility index (Phi) is 6.24. The van der Waals surface area contributed by atoms with Gasteiger partial charge in [0, 0.05) is 29.1 Å². The number of aromatic nitrogens is 2. The molecule has 2 aliphatic rings. The topological polar surface area (TPSA) is 87.6 Å². The van der Waals surface area contributed by atoms with Crippen LogP contribution < -0.4 is 10.1 Å². The quantitative estimate of drug-likeness (QED) is 0.578. The van der Waals surface area contributed by atoms with Gasteiger partial charge in [0.1, 0.15) is 11.4 Å². The van der Waals surface area contributed by atoms with E-state index < -0.39 is 0 Å². The molecule has 1 atom stereocenters. The molecular formula is C26H30N4O3. The van der Waals surface area contributed by atoms with Crippen LogP contribution in [0.15, 0.2) is 48.5 Å². The summed E-state index contributed by atoms with van der Waals surface area (Å²) in [6, 6.07) is 16.1. The minimum atomic E-state index is -0.163. The second-order valence-electron chi connectivity index (χ2n) is 8.88. The summed E-state index contributed by atoms with van der Waals surface area (Å²) in [7, 11) is 0. The highest BCUT2D eigenvalue weighted by atomic mass is 16.5. The van der Waals surface area contributed by atoms with Crippen molar-refractivity contribution in [1.29, 1.82) is 0 Å². The molecule has 7 nitrogen and oxygen atoms in total. The molecule has 1 aliphatic heterocycles. The minimum absolute atomic E-state index is 0.130. The summed E-state index contributed by atoms with van der Waals surface area (Å²) in [6.07, 6.45) is 4.03. The lowest BCUT2D eigenvalue weighted by atomic mass is 9.85. The number of nitrogens with one attached hydrogen (secondary N) is 1. The van der Waals surface area contributed by atoms with Crippen molar-refractivity contribution in [1.82, 2.24) is 20.2 Å². The number of rotatable bonds is 7. The molecule has 1 amide bonds. The van der Waals surface area contributed by atoms with Crippen LogP contribution in [-0.4, -0.2) is 63.8 Å². The molecule has 0 unspecified atom stereocenters. The molecule has 2 N–H and O–H groups in total. The maximum absolute atomic E-state index is 13.3. The molecule has 0 radical (unpaired) electrons. The van der Waals surface area contributed by atoms with E-state index in [4.69, 9.17) is 9.72 Å². The highest BCUT2D eigenvalue weighted by Gasteiger charge is 2.39. The zero-order valence-corrected chi connectivity index (χ0v) is 18.9. The van der Waals surface area contributed by atoms with Crippen molar-refractivity contribution in [2.75, 3.05) is 19.8 Å². The Morgan fingerprint density at radius 3 is 2.70 bits per heavy atom. The van der Waals surface area contributed by atoms with Gasteiger partial charge in [0.15, 0.2) is 5.82 Å². The predicted octanol–water partition coefficient (Wildman–Crippen LogP) is 3.41. The predicted molar refractivity (Wildman–Crippen MR) is 127 cm³/mol. The molecule has 1 saturated heterocycles. The van der Waals surface area contributed by atoms with Gasteiger partial charge in [-0.25, -0.2) is 9.97 Å². The second kappa shape index (κ2) is 9.45. The van der Waals surface area contributed by atoms with Gasteiger partial charge in [-0.15, -0.1) is 0 Å². The summed E-state index contributed by atoms with van der Waals surface area (Å²) in [5.41, 5.74) is 1.99. The molecule has 33 heavy (non-hydrogen) atoms. The van der Waals surface area contributed by atoms with E-state index in [0.29, 0.717) is 24.2 Å². The van der Waals surface area contributed by atoms with Gasteiger partial charge >= 0.3 is 0 Å². The lowest BCUT2D eigenvalue weighted by Crippen LogP contribution is -2.55. The number of benzene rings is 2. The number of ether oxygens (including phenoxy) is 1. The van der Waals surface area contributed by atoms with Gasteiger partial charge in [-0.1, -0.05) is 18.2 Å². The van der Waals surface area contributed by atoms with Crippen LogP contribution in [0, 0.1) is 0 Å². The first-order valence-electron chi connectivity index (χ1n) is 11.8. The highest BCUT2D eigenvalue weighted by molar-refractivity contribution is 6.05. The summed E-state index contributed by atoms with van der Waals surface area (Å²) in [5, 5.41) is 13.5. The minimum Gasteiger partial charge on any atom is -0.494 e. The lowest BCUT2D eigenvalue weighted by molar-refractivity contribution is 0.0542. The molecule has 3 aromatic rings. The number of aliphatic hydroxyl groups is 1. The fourth-order valence-electron chi connectivity index (χ4n) is 5.01. The van der Waals surface area contributed by atoms with Crippen LogP contribution >= 0.6 is 0 Å². The Morgan fingerprint density at radius 2 is 1.94 bits per heavy atom. The summed E-state index contributed by atoms with van der Waals surface area (Å²) in [4.78, 5) is 25.0. The van der Waals surface area contributed by atoms with Crippen molar-refractivity contribution < 1.29 is 14.6 Å². The van der Waals surface area contributed by atoms with Crippen LogP contribution in [0.25, 0.3) is 22.3 Å². The van der Waals surface area contributed by atoms with Gasteiger partial charge in [0.25, 0.3) is 5.91 Å². The molecule has 7 heteroatoms. The van der Waals surface area contributed by atoms with E-state index >= 15 is 0 Å². The van der Waals surface area contributed by atoms with Crippen molar-refractivity contribution in [3.63, 3.8) is 0 Å². The van der Waals surface area contributed by atoms with Crippen molar-refractivity contribution in [3.8, 4) is 17.1 Å². The molecule has 5 rings (SSSR count). The fourth-order valence-corrected chi connectivity index (χ4v) is 5.01. The monoisotopic (exact) mass is 446 g/mol. The third kappa shape index (κ3) is 4.43. The molecule has 1 aliphatic carbocycles. The van der Waals surface area contributed by atoms with Gasteiger partial charge in [-0.2, -0.15) is 0 Å². The summed E-state index contributed by atoms with van der Waals surface area (Å²) < 4.78 is 5.53. The SMILES string of the molecule is CCOc1ccc(-c2nc(C(=O)NC3CC(N4CCC[C@@H]4CO)C3)c3ccccc3n2)cc1. The van der Waals surface area contributed by atoms with Crippen LogP contribution in [0.3, 0.4) is 0 Å². The van der Waals surface area contributed by atoms with E-state index in [1.54, 1.807) is 0 Å². The highest BCUT2D eigenvalue weighted by Crippen LogP contribution is 2.32. The molecule has 172 valence electrons. The normalized spacial score (nSPS) is 22.8. The smallest absolute Gasteiger partial charge is 0.270 e. The molecule has 1 saturated carbocycles. The number of nitrogens with zero attached hydrogens (tertiary/aromatic N) is 3.